The first-order chi connectivity index (χ1) is 10.5. The predicted molar refractivity (Wildman–Crippen MR) is 93.7 cm³/mol. The van der Waals surface area contributed by atoms with E-state index in [0.717, 1.165) is 5.56 Å². The van der Waals surface area contributed by atoms with Crippen LogP contribution in [0.2, 0.25) is 0 Å². The molecule has 0 fully saturated rings. The third-order valence-electron chi connectivity index (χ3n) is 3.72. The van der Waals surface area contributed by atoms with Crippen LogP contribution in [0.4, 0.5) is 4.79 Å². The number of ether oxygens (including phenoxy) is 1. The van der Waals surface area contributed by atoms with Gasteiger partial charge in [-0.25, -0.2) is 4.79 Å². The zero-order valence-corrected chi connectivity index (χ0v) is 15.3. The maximum atomic E-state index is 11.8. The summed E-state index contributed by atoms with van der Waals surface area (Å²) in [6.07, 6.45) is 0.241. The molecule has 0 radical (unpaired) electrons. The Morgan fingerprint density at radius 2 is 1.74 bits per heavy atom. The number of aliphatic hydroxyl groups excluding tert-OH is 1. The molecule has 1 aromatic rings. The molecule has 1 aromatic carbocycles. The van der Waals surface area contributed by atoms with Crippen LogP contribution >= 0.6 is 0 Å². The highest BCUT2D eigenvalue weighted by molar-refractivity contribution is 5.67. The maximum absolute atomic E-state index is 11.8. The van der Waals surface area contributed by atoms with Crippen molar-refractivity contribution in [2.24, 2.45) is 5.41 Å². The molecule has 4 heteroatoms. The quantitative estimate of drug-likeness (QED) is 0.836. The molecule has 1 atom stereocenters. The molecule has 0 bridgehead atoms. The summed E-state index contributed by atoms with van der Waals surface area (Å²) in [5.41, 5.74) is 1.51. The molecule has 0 spiro atoms. The van der Waals surface area contributed by atoms with Gasteiger partial charge in [0.25, 0.3) is 0 Å². The van der Waals surface area contributed by atoms with Gasteiger partial charge < -0.3 is 15.2 Å². The summed E-state index contributed by atoms with van der Waals surface area (Å²) >= 11 is 0. The monoisotopic (exact) mass is 321 g/mol. The van der Waals surface area contributed by atoms with Crippen LogP contribution in [-0.2, 0) is 11.2 Å². The zero-order chi connectivity index (χ0) is 17.7. The average molecular weight is 321 g/mol. The summed E-state index contributed by atoms with van der Waals surface area (Å²) in [6, 6.07) is 8.44. The smallest absolute Gasteiger partial charge is 0.407 e. The van der Waals surface area contributed by atoms with Gasteiger partial charge in [0.2, 0.25) is 0 Å². The lowest BCUT2D eigenvalue weighted by Crippen LogP contribution is -2.41. The van der Waals surface area contributed by atoms with Gasteiger partial charge in [-0.3, -0.25) is 0 Å². The molecule has 1 rings (SSSR count). The third-order valence-corrected chi connectivity index (χ3v) is 3.72. The van der Waals surface area contributed by atoms with Gasteiger partial charge in [-0.2, -0.15) is 0 Å². The SMILES string of the molecule is CC(C)c1ccc(CC(C)(CO)CNC(=O)OC(C)(C)C)cc1. The number of hydrogen-bond donors (Lipinski definition) is 2. The number of rotatable bonds is 6. The number of carbonyl (C=O) groups excluding carboxylic acids is 1. The highest BCUT2D eigenvalue weighted by atomic mass is 16.6. The van der Waals surface area contributed by atoms with Crippen molar-refractivity contribution in [1.82, 2.24) is 5.32 Å². The first kappa shape index (κ1) is 19.5. The minimum absolute atomic E-state index is 0.00523. The number of benzene rings is 1. The minimum atomic E-state index is -0.521. The summed E-state index contributed by atoms with van der Waals surface area (Å²) in [4.78, 5) is 11.8. The molecule has 130 valence electrons. The van der Waals surface area contributed by atoms with Crippen LogP contribution in [0.5, 0.6) is 0 Å². The van der Waals surface area contributed by atoms with Crippen LogP contribution in [-0.4, -0.2) is 30.0 Å². The van der Waals surface area contributed by atoms with Crippen molar-refractivity contribution in [3.8, 4) is 0 Å². The van der Waals surface area contributed by atoms with Crippen LogP contribution in [0.15, 0.2) is 24.3 Å². The molecule has 0 aliphatic rings. The van der Waals surface area contributed by atoms with E-state index >= 15 is 0 Å². The van der Waals surface area contributed by atoms with Crippen molar-refractivity contribution in [1.29, 1.82) is 0 Å². The normalized spacial score (nSPS) is 14.4. The van der Waals surface area contributed by atoms with Crippen LogP contribution in [0.25, 0.3) is 0 Å². The lowest BCUT2D eigenvalue weighted by Gasteiger charge is -2.29. The largest absolute Gasteiger partial charge is 0.444 e. The van der Waals surface area contributed by atoms with Crippen LogP contribution in [0, 0.1) is 5.41 Å². The van der Waals surface area contributed by atoms with Crippen molar-refractivity contribution in [3.63, 3.8) is 0 Å². The standard InChI is InChI=1S/C19H31NO3/c1-14(2)16-9-7-15(8-10-16)11-19(6,13-21)12-20-17(22)23-18(3,4)5/h7-10,14,21H,11-13H2,1-6H3,(H,20,22). The van der Waals surface area contributed by atoms with E-state index in [4.69, 9.17) is 4.74 Å². The van der Waals surface area contributed by atoms with Gasteiger partial charge in [-0.05, 0) is 44.2 Å². The van der Waals surface area contributed by atoms with E-state index in [2.05, 4.69) is 43.4 Å². The van der Waals surface area contributed by atoms with Gasteiger partial charge in [0, 0.05) is 12.0 Å². The van der Waals surface area contributed by atoms with Gasteiger partial charge in [0.05, 0.1) is 6.61 Å². The van der Waals surface area contributed by atoms with E-state index in [1.807, 2.05) is 27.7 Å². The average Bonchev–Trinajstić information content (AvgIpc) is 2.44. The summed E-state index contributed by atoms with van der Waals surface area (Å²) in [6.45, 7) is 12.1. The van der Waals surface area contributed by atoms with Crippen molar-refractivity contribution in [2.75, 3.05) is 13.2 Å². The Labute approximate surface area is 140 Å². The fourth-order valence-electron chi connectivity index (χ4n) is 2.29. The summed E-state index contributed by atoms with van der Waals surface area (Å²) in [5, 5.41) is 12.5. The molecule has 0 heterocycles. The van der Waals surface area contributed by atoms with Crippen LogP contribution in [0.3, 0.4) is 0 Å². The molecule has 0 saturated heterocycles. The first-order valence-corrected chi connectivity index (χ1v) is 8.21. The van der Waals surface area contributed by atoms with Gasteiger partial charge in [-0.1, -0.05) is 45.0 Å². The number of aliphatic hydroxyl groups is 1. The van der Waals surface area contributed by atoms with E-state index in [-0.39, 0.29) is 6.61 Å². The number of carbonyl (C=O) groups is 1. The van der Waals surface area contributed by atoms with Gasteiger partial charge in [-0.15, -0.1) is 0 Å². The molecule has 1 amide bonds. The number of nitrogens with one attached hydrogen (secondary N) is 1. The Morgan fingerprint density at radius 3 is 2.17 bits per heavy atom. The van der Waals surface area contributed by atoms with Gasteiger partial charge in [0.1, 0.15) is 5.60 Å². The maximum Gasteiger partial charge on any atom is 0.407 e. The fraction of sp³-hybridized carbons (Fsp3) is 0.632. The van der Waals surface area contributed by atoms with Gasteiger partial charge >= 0.3 is 6.09 Å². The topological polar surface area (TPSA) is 58.6 Å². The Morgan fingerprint density at radius 1 is 1.17 bits per heavy atom. The third kappa shape index (κ3) is 7.04. The second-order valence-electron chi connectivity index (χ2n) is 7.90. The summed E-state index contributed by atoms with van der Waals surface area (Å²) in [7, 11) is 0. The molecular formula is C19H31NO3. The minimum Gasteiger partial charge on any atom is -0.444 e. The van der Waals surface area contributed by atoms with E-state index in [1.54, 1.807) is 0 Å². The Bertz CT molecular complexity index is 502. The Balaban J connectivity index is 2.64. The van der Waals surface area contributed by atoms with Crippen molar-refractivity contribution in [2.45, 2.75) is 59.5 Å². The Hall–Kier alpha value is -1.55. The second kappa shape index (κ2) is 7.82. The first-order valence-electron chi connectivity index (χ1n) is 8.21. The highest BCUT2D eigenvalue weighted by Crippen LogP contribution is 2.23. The van der Waals surface area contributed by atoms with Crippen molar-refractivity contribution in [3.05, 3.63) is 35.4 Å². The molecule has 4 nitrogen and oxygen atoms in total. The van der Waals surface area contributed by atoms with Crippen molar-refractivity contribution >= 4 is 6.09 Å². The van der Waals surface area contributed by atoms with E-state index in [1.165, 1.54) is 5.56 Å². The van der Waals surface area contributed by atoms with E-state index < -0.39 is 17.1 Å². The molecule has 2 N–H and O–H groups in total. The number of hydrogen-bond acceptors (Lipinski definition) is 3. The zero-order valence-electron chi connectivity index (χ0n) is 15.3. The van der Waals surface area contributed by atoms with Crippen LogP contribution in [0.1, 0.15) is 58.6 Å². The van der Waals surface area contributed by atoms with E-state index in [0.29, 0.717) is 18.9 Å². The number of alkyl carbamates (subject to hydrolysis) is 1. The van der Waals surface area contributed by atoms with Crippen molar-refractivity contribution < 1.29 is 14.6 Å². The van der Waals surface area contributed by atoms with Gasteiger partial charge in [0.15, 0.2) is 0 Å². The van der Waals surface area contributed by atoms with E-state index in [9.17, 15) is 9.90 Å². The Kier molecular flexibility index (Phi) is 6.63. The molecule has 23 heavy (non-hydrogen) atoms. The fourth-order valence-corrected chi connectivity index (χ4v) is 2.29. The molecule has 0 aromatic heterocycles. The second-order valence-corrected chi connectivity index (χ2v) is 7.90. The summed E-state index contributed by atoms with van der Waals surface area (Å²) in [5.74, 6) is 0.502. The highest BCUT2D eigenvalue weighted by Gasteiger charge is 2.26. The summed E-state index contributed by atoms with van der Waals surface area (Å²) < 4.78 is 5.24. The molecule has 0 saturated carbocycles. The molecule has 1 unspecified atom stereocenters. The number of amides is 1. The lowest BCUT2D eigenvalue weighted by atomic mass is 9.84. The molecule has 0 aliphatic heterocycles. The van der Waals surface area contributed by atoms with Crippen LogP contribution < -0.4 is 5.32 Å². The lowest BCUT2D eigenvalue weighted by molar-refractivity contribution is 0.0478. The molecular weight excluding hydrogens is 290 g/mol. The molecule has 0 aliphatic carbocycles. The predicted octanol–water partition coefficient (Wildman–Crippen LogP) is 3.88.